The maximum Gasteiger partial charge on any atom is 0.157 e. The van der Waals surface area contributed by atoms with Gasteiger partial charge in [0.1, 0.15) is 0 Å². The summed E-state index contributed by atoms with van der Waals surface area (Å²) < 4.78 is 18.0. The minimum absolute atomic E-state index is 0.0648. The first kappa shape index (κ1) is 20.3. The smallest absolute Gasteiger partial charge is 0.157 e. The highest BCUT2D eigenvalue weighted by molar-refractivity contribution is 5.22. The molecule has 1 aliphatic carbocycles. The number of hydrogen-bond acceptors (Lipinski definition) is 4. The Kier molecular flexibility index (Phi) is 6.88. The van der Waals surface area contributed by atoms with Gasteiger partial charge in [-0.3, -0.25) is 0 Å². The average Bonchev–Trinajstić information content (AvgIpc) is 2.71. The van der Waals surface area contributed by atoms with Crippen molar-refractivity contribution in [3.8, 4) is 0 Å². The quantitative estimate of drug-likeness (QED) is 0.727. The summed E-state index contributed by atoms with van der Waals surface area (Å²) in [6, 6.07) is 10.1. The molecule has 3 rings (SSSR count). The molecule has 1 aliphatic heterocycles. The Bertz CT molecular complexity index is 623. The first-order valence-electron chi connectivity index (χ1n) is 9.93. The molecule has 0 bridgehead atoms. The van der Waals surface area contributed by atoms with Gasteiger partial charge in [0.2, 0.25) is 0 Å². The molecule has 1 heterocycles. The van der Waals surface area contributed by atoms with Crippen molar-refractivity contribution in [1.82, 2.24) is 0 Å². The van der Waals surface area contributed by atoms with Crippen LogP contribution in [-0.2, 0) is 20.8 Å². The van der Waals surface area contributed by atoms with Crippen LogP contribution < -0.4 is 0 Å². The molecule has 0 radical (unpaired) electrons. The Balaban J connectivity index is 1.69. The zero-order valence-electron chi connectivity index (χ0n) is 16.3. The van der Waals surface area contributed by atoms with Gasteiger partial charge in [0.15, 0.2) is 6.29 Å². The van der Waals surface area contributed by atoms with E-state index in [0.717, 1.165) is 37.0 Å². The molecule has 4 heteroatoms. The van der Waals surface area contributed by atoms with Crippen molar-refractivity contribution in [1.29, 1.82) is 0 Å². The van der Waals surface area contributed by atoms with Crippen molar-refractivity contribution in [2.75, 3.05) is 13.2 Å². The summed E-state index contributed by atoms with van der Waals surface area (Å²) in [7, 11) is 0. The summed E-state index contributed by atoms with van der Waals surface area (Å²) in [4.78, 5) is 0. The standard InChI is InChI=1S/C23H32O4/c1-4-23(3)19(16-27-22-12-8-9-13-25-22)17(2)20(24)14-21(23)26-15-18-10-6-5-7-11-18/h4-7,10-11,19-22,24H,1-2,8-9,12-16H2,3H3/t19-,20+,21+,22?,23+/m1/s1. The fourth-order valence-corrected chi connectivity index (χ4v) is 4.09. The van der Waals surface area contributed by atoms with Crippen LogP contribution in [0.5, 0.6) is 0 Å². The predicted molar refractivity (Wildman–Crippen MR) is 106 cm³/mol. The average molecular weight is 373 g/mol. The van der Waals surface area contributed by atoms with E-state index in [4.69, 9.17) is 14.2 Å². The van der Waals surface area contributed by atoms with Gasteiger partial charge in [-0.15, -0.1) is 6.58 Å². The molecule has 148 valence electrons. The predicted octanol–water partition coefficient (Wildman–Crippen LogP) is 4.24. The van der Waals surface area contributed by atoms with Crippen molar-refractivity contribution in [2.24, 2.45) is 11.3 Å². The molecular formula is C23H32O4. The van der Waals surface area contributed by atoms with E-state index in [1.54, 1.807) is 0 Å². The van der Waals surface area contributed by atoms with Gasteiger partial charge < -0.3 is 19.3 Å². The Morgan fingerprint density at radius 2 is 2.04 bits per heavy atom. The van der Waals surface area contributed by atoms with E-state index in [9.17, 15) is 5.11 Å². The largest absolute Gasteiger partial charge is 0.389 e. The van der Waals surface area contributed by atoms with E-state index in [1.807, 2.05) is 36.4 Å². The Hall–Kier alpha value is -1.46. The van der Waals surface area contributed by atoms with E-state index in [-0.39, 0.29) is 23.7 Å². The molecule has 2 fully saturated rings. The zero-order valence-corrected chi connectivity index (χ0v) is 16.3. The van der Waals surface area contributed by atoms with Crippen LogP contribution in [0.1, 0.15) is 38.2 Å². The van der Waals surface area contributed by atoms with Crippen molar-refractivity contribution < 1.29 is 19.3 Å². The molecule has 0 amide bonds. The third-order valence-electron chi connectivity index (χ3n) is 6.08. The highest BCUT2D eigenvalue weighted by Gasteiger charge is 2.48. The summed E-state index contributed by atoms with van der Waals surface area (Å²) in [5.41, 5.74) is 1.55. The van der Waals surface area contributed by atoms with Crippen molar-refractivity contribution >= 4 is 0 Å². The van der Waals surface area contributed by atoms with E-state index in [0.29, 0.717) is 19.6 Å². The lowest BCUT2D eigenvalue weighted by Gasteiger charge is -2.48. The molecule has 1 N–H and O–H groups in total. The van der Waals surface area contributed by atoms with Crippen molar-refractivity contribution in [3.63, 3.8) is 0 Å². The highest BCUT2D eigenvalue weighted by atomic mass is 16.7. The SMILES string of the molecule is C=C[C@]1(C)[C@@H](OCc2ccccc2)C[C@H](O)C(=C)[C@H]1COC1CCCCO1. The summed E-state index contributed by atoms with van der Waals surface area (Å²) in [6.07, 6.45) is 4.68. The van der Waals surface area contributed by atoms with Crippen LogP contribution in [0.4, 0.5) is 0 Å². The number of hydrogen-bond donors (Lipinski definition) is 1. The molecule has 1 aromatic carbocycles. The van der Waals surface area contributed by atoms with Crippen molar-refractivity contribution in [2.45, 2.75) is 57.7 Å². The van der Waals surface area contributed by atoms with Crippen LogP contribution in [0.3, 0.4) is 0 Å². The van der Waals surface area contributed by atoms with Gasteiger partial charge in [-0.05, 0) is 30.4 Å². The minimum atomic E-state index is -0.598. The summed E-state index contributed by atoms with van der Waals surface area (Å²) in [5.74, 6) is -0.0648. The van der Waals surface area contributed by atoms with Gasteiger partial charge in [-0.2, -0.15) is 0 Å². The molecule has 27 heavy (non-hydrogen) atoms. The fraction of sp³-hybridized carbons (Fsp3) is 0.565. The van der Waals surface area contributed by atoms with E-state index < -0.39 is 6.10 Å². The van der Waals surface area contributed by atoms with Crippen LogP contribution in [-0.4, -0.2) is 36.8 Å². The second kappa shape index (κ2) is 9.16. The van der Waals surface area contributed by atoms with Gasteiger partial charge in [-0.25, -0.2) is 0 Å². The highest BCUT2D eigenvalue weighted by Crippen LogP contribution is 2.46. The van der Waals surface area contributed by atoms with Crippen LogP contribution in [0.25, 0.3) is 0 Å². The normalized spacial score (nSPS) is 34.4. The molecular weight excluding hydrogens is 340 g/mol. The van der Waals surface area contributed by atoms with Gasteiger partial charge in [0, 0.05) is 24.4 Å². The van der Waals surface area contributed by atoms with Crippen LogP contribution >= 0.6 is 0 Å². The van der Waals surface area contributed by atoms with Gasteiger partial charge in [0.05, 0.1) is 25.4 Å². The topological polar surface area (TPSA) is 47.9 Å². The van der Waals surface area contributed by atoms with Gasteiger partial charge >= 0.3 is 0 Å². The molecule has 1 aromatic rings. The second-order valence-electron chi connectivity index (χ2n) is 7.86. The number of ether oxygens (including phenoxy) is 3. The lowest BCUT2D eigenvalue weighted by atomic mass is 9.63. The maximum absolute atomic E-state index is 10.6. The molecule has 4 nitrogen and oxygen atoms in total. The van der Waals surface area contributed by atoms with Gasteiger partial charge in [-0.1, -0.05) is 49.9 Å². The summed E-state index contributed by atoms with van der Waals surface area (Å²) in [6.45, 7) is 12.1. The van der Waals surface area contributed by atoms with Gasteiger partial charge in [0.25, 0.3) is 0 Å². The number of benzene rings is 1. The minimum Gasteiger partial charge on any atom is -0.389 e. The van der Waals surface area contributed by atoms with Crippen LogP contribution in [0, 0.1) is 11.3 Å². The number of aliphatic hydroxyl groups is 1. The Labute approximate surface area is 162 Å². The Morgan fingerprint density at radius 3 is 2.70 bits per heavy atom. The molecule has 1 unspecified atom stereocenters. The molecule has 1 saturated heterocycles. The van der Waals surface area contributed by atoms with E-state index in [1.165, 1.54) is 0 Å². The van der Waals surface area contributed by atoms with E-state index >= 15 is 0 Å². The lowest BCUT2D eigenvalue weighted by molar-refractivity contribution is -0.181. The van der Waals surface area contributed by atoms with Crippen LogP contribution in [0.2, 0.25) is 0 Å². The first-order chi connectivity index (χ1) is 13.0. The molecule has 0 spiro atoms. The number of rotatable bonds is 7. The number of aliphatic hydroxyl groups excluding tert-OH is 1. The third kappa shape index (κ3) is 4.69. The monoisotopic (exact) mass is 372 g/mol. The Morgan fingerprint density at radius 1 is 1.26 bits per heavy atom. The lowest BCUT2D eigenvalue weighted by Crippen LogP contribution is -2.50. The zero-order chi connectivity index (χ0) is 19.3. The maximum atomic E-state index is 10.6. The summed E-state index contributed by atoms with van der Waals surface area (Å²) >= 11 is 0. The molecule has 5 atom stereocenters. The summed E-state index contributed by atoms with van der Waals surface area (Å²) in [5, 5.41) is 10.6. The second-order valence-corrected chi connectivity index (χ2v) is 7.86. The van der Waals surface area contributed by atoms with E-state index in [2.05, 4.69) is 20.1 Å². The van der Waals surface area contributed by atoms with Crippen molar-refractivity contribution in [3.05, 3.63) is 60.7 Å². The molecule has 0 aromatic heterocycles. The third-order valence-corrected chi connectivity index (χ3v) is 6.08. The van der Waals surface area contributed by atoms with Crippen LogP contribution in [0.15, 0.2) is 55.1 Å². The molecule has 1 saturated carbocycles. The molecule has 2 aliphatic rings. The fourth-order valence-electron chi connectivity index (χ4n) is 4.09. The first-order valence-corrected chi connectivity index (χ1v) is 9.93.